The Hall–Kier alpha value is -3.57. The number of aromatic carboxylic acids is 1. The Morgan fingerprint density at radius 2 is 1.43 bits per heavy atom. The summed E-state index contributed by atoms with van der Waals surface area (Å²) in [5.41, 5.74) is 1.17. The third-order valence-electron chi connectivity index (χ3n) is 3.55. The van der Waals surface area contributed by atoms with Crippen LogP contribution in [0.25, 0.3) is 0 Å². The van der Waals surface area contributed by atoms with Crippen LogP contribution in [-0.2, 0) is 17.1 Å². The average Bonchev–Trinajstić information content (AvgIpc) is 2.70. The van der Waals surface area contributed by atoms with E-state index in [9.17, 15) is 15.0 Å². The van der Waals surface area contributed by atoms with Crippen LogP contribution in [0.15, 0.2) is 94.2 Å². The number of nitrogens with zero attached hydrogens (tertiary/aromatic N) is 4. The van der Waals surface area contributed by atoms with Crippen LogP contribution >= 0.6 is 0 Å². The van der Waals surface area contributed by atoms with E-state index in [2.05, 4.69) is 20.1 Å². The van der Waals surface area contributed by atoms with Crippen molar-refractivity contribution >= 4 is 23.2 Å². The van der Waals surface area contributed by atoms with Gasteiger partial charge in [0.1, 0.15) is 16.6 Å². The fourth-order valence-corrected chi connectivity index (χ4v) is 2.22. The van der Waals surface area contributed by atoms with Crippen molar-refractivity contribution in [3.63, 3.8) is 0 Å². The molecule has 0 heterocycles. The summed E-state index contributed by atoms with van der Waals surface area (Å²) in [4.78, 5) is 15.4. The molecule has 0 bridgehead atoms. The van der Waals surface area contributed by atoms with Crippen LogP contribution in [0.1, 0.15) is 15.9 Å². The molecule has 28 heavy (non-hydrogen) atoms. The van der Waals surface area contributed by atoms with Crippen molar-refractivity contribution in [1.29, 1.82) is 0 Å². The molecule has 0 amide bonds. The molecule has 0 saturated heterocycles. The summed E-state index contributed by atoms with van der Waals surface area (Å²) in [5.74, 6) is -0.928. The molecule has 8 heteroatoms. The number of carboxylic acid groups (broad SMARTS) is 1. The van der Waals surface area contributed by atoms with E-state index >= 15 is 0 Å². The predicted octanol–water partition coefficient (Wildman–Crippen LogP) is 4.61. The fraction of sp³-hybridized carbons (Fsp3) is 0. The molecule has 7 nitrogen and oxygen atoms in total. The van der Waals surface area contributed by atoms with Crippen LogP contribution in [0.4, 0.5) is 11.4 Å². The number of amidine groups is 1. The van der Waals surface area contributed by atoms with Crippen LogP contribution in [-0.4, -0.2) is 26.8 Å². The minimum absolute atomic E-state index is 0. The van der Waals surface area contributed by atoms with E-state index < -0.39 is 5.97 Å². The van der Waals surface area contributed by atoms with Crippen molar-refractivity contribution in [2.75, 3.05) is 0 Å². The van der Waals surface area contributed by atoms with Gasteiger partial charge in [0.25, 0.3) is 0 Å². The third-order valence-corrected chi connectivity index (χ3v) is 3.55. The standard InChI is InChI=1S/C20H14N4O3.Cu/c25-18-13-7-6-12-17(18)22-24-19(14-8-2-1-3-9-14)23-21-16-11-5-4-10-15(16)20(26)27;/h1-13H,(H,26,27);/p+1. The number of aromatic hydroxyl groups is 1. The molecule has 1 radical (unpaired) electrons. The SMILES string of the molecule is O=C(O)c1ccccc1N=NC(=[N+]=Nc1ccccc1O)c1ccccc1.[Cu]. The van der Waals surface area contributed by atoms with Gasteiger partial charge in [0.15, 0.2) is 5.69 Å². The Morgan fingerprint density at radius 3 is 2.11 bits per heavy atom. The van der Waals surface area contributed by atoms with E-state index in [1.54, 1.807) is 48.5 Å². The number of phenolic OH excluding ortho intramolecular Hbond substituents is 1. The summed E-state index contributed by atoms with van der Waals surface area (Å²) in [6, 6.07) is 21.8. The number of para-hydroxylation sites is 1. The summed E-state index contributed by atoms with van der Waals surface area (Å²) in [5, 5.41) is 31.2. The van der Waals surface area contributed by atoms with Crippen LogP contribution in [0.3, 0.4) is 0 Å². The Bertz CT molecular complexity index is 1060. The van der Waals surface area contributed by atoms with Gasteiger partial charge in [-0.15, -0.1) is 0 Å². The van der Waals surface area contributed by atoms with Crippen LogP contribution in [0.2, 0.25) is 0 Å². The number of hydrogen-bond acceptors (Lipinski definition) is 4. The van der Waals surface area contributed by atoms with Crippen molar-refractivity contribution in [2.24, 2.45) is 15.3 Å². The summed E-state index contributed by atoms with van der Waals surface area (Å²) in [6.07, 6.45) is 0. The molecule has 0 aromatic heterocycles. The molecule has 0 aliphatic rings. The molecule has 0 atom stereocenters. The largest absolute Gasteiger partial charge is 0.505 e. The molecule has 0 aliphatic carbocycles. The normalized spacial score (nSPS) is 10.0. The number of phenols is 1. The average molecular weight is 423 g/mol. The molecule has 0 fully saturated rings. The molecule has 0 spiro atoms. The number of azo groups is 1. The zero-order chi connectivity index (χ0) is 19.1. The van der Waals surface area contributed by atoms with E-state index in [1.807, 2.05) is 18.2 Å². The van der Waals surface area contributed by atoms with Crippen molar-refractivity contribution < 1.29 is 36.9 Å². The van der Waals surface area contributed by atoms with Gasteiger partial charge in [0.2, 0.25) is 0 Å². The van der Waals surface area contributed by atoms with E-state index in [0.717, 1.165) is 0 Å². The van der Waals surface area contributed by atoms with Gasteiger partial charge in [-0.05, 0) is 41.5 Å². The van der Waals surface area contributed by atoms with Crippen molar-refractivity contribution in [3.8, 4) is 5.75 Å². The first-order valence-corrected chi connectivity index (χ1v) is 8.01. The molecule has 3 aromatic rings. The first-order chi connectivity index (χ1) is 13.1. The molecule has 0 unspecified atom stereocenters. The Kier molecular flexibility index (Phi) is 7.36. The number of carbonyl (C=O) groups is 1. The van der Waals surface area contributed by atoms with E-state index in [-0.39, 0.29) is 45.6 Å². The van der Waals surface area contributed by atoms with Crippen LogP contribution < -0.4 is 0 Å². The molecular formula is C20H15CuN4O3+. The predicted molar refractivity (Wildman–Crippen MR) is 98.9 cm³/mol. The summed E-state index contributed by atoms with van der Waals surface area (Å²) in [7, 11) is 0. The number of rotatable bonds is 4. The summed E-state index contributed by atoms with van der Waals surface area (Å²) >= 11 is 0. The van der Waals surface area contributed by atoms with E-state index in [4.69, 9.17) is 0 Å². The monoisotopic (exact) mass is 422 g/mol. The fourth-order valence-electron chi connectivity index (χ4n) is 2.22. The van der Waals surface area contributed by atoms with E-state index in [1.165, 1.54) is 12.1 Å². The van der Waals surface area contributed by atoms with Gasteiger partial charge in [0.05, 0.1) is 11.1 Å². The maximum atomic E-state index is 11.3. The molecule has 3 rings (SSSR count). The summed E-state index contributed by atoms with van der Waals surface area (Å²) < 4.78 is 0. The zero-order valence-electron chi connectivity index (χ0n) is 14.4. The van der Waals surface area contributed by atoms with Crippen LogP contribution in [0, 0.1) is 0 Å². The van der Waals surface area contributed by atoms with Gasteiger partial charge in [-0.2, -0.15) is 0 Å². The quantitative estimate of drug-likeness (QED) is 0.210. The molecule has 2 N–H and O–H groups in total. The molecule has 0 aliphatic heterocycles. The topological polar surface area (TPSA) is 109 Å². The number of benzene rings is 3. The molecular weight excluding hydrogens is 408 g/mol. The minimum atomic E-state index is -1.10. The molecule has 3 aromatic carbocycles. The molecule has 0 saturated carbocycles. The maximum absolute atomic E-state index is 11.3. The number of carboxylic acids is 1. The van der Waals surface area contributed by atoms with Gasteiger partial charge in [-0.3, -0.25) is 0 Å². The van der Waals surface area contributed by atoms with Gasteiger partial charge in [0, 0.05) is 22.2 Å². The van der Waals surface area contributed by atoms with Gasteiger partial charge < -0.3 is 10.2 Å². The van der Waals surface area contributed by atoms with E-state index in [0.29, 0.717) is 5.56 Å². The smallest absolute Gasteiger partial charge is 0.477 e. The Labute approximate surface area is 171 Å². The zero-order valence-corrected chi connectivity index (χ0v) is 15.3. The second kappa shape index (κ2) is 9.94. The van der Waals surface area contributed by atoms with Crippen LogP contribution in [0.5, 0.6) is 5.75 Å². The van der Waals surface area contributed by atoms with Crippen molar-refractivity contribution in [3.05, 3.63) is 90.0 Å². The first kappa shape index (κ1) is 20.7. The molecule has 143 valence electrons. The summed E-state index contributed by atoms with van der Waals surface area (Å²) in [6.45, 7) is 0. The van der Waals surface area contributed by atoms with Gasteiger partial charge in [-0.1, -0.05) is 47.3 Å². The third kappa shape index (κ3) is 5.22. The number of hydrogen-bond donors (Lipinski definition) is 2. The Balaban J connectivity index is 0.00000280. The van der Waals surface area contributed by atoms with Gasteiger partial charge in [-0.25, -0.2) is 4.79 Å². The Morgan fingerprint density at radius 1 is 0.821 bits per heavy atom. The van der Waals surface area contributed by atoms with Crippen molar-refractivity contribution in [2.45, 2.75) is 0 Å². The second-order valence-corrected chi connectivity index (χ2v) is 5.40. The first-order valence-electron chi connectivity index (χ1n) is 8.01. The minimum Gasteiger partial charge on any atom is -0.505 e. The maximum Gasteiger partial charge on any atom is 0.477 e. The second-order valence-electron chi connectivity index (χ2n) is 5.40. The van der Waals surface area contributed by atoms with Gasteiger partial charge >= 0.3 is 11.8 Å². The van der Waals surface area contributed by atoms with Crippen molar-refractivity contribution in [1.82, 2.24) is 0 Å².